The number of ether oxygens (including phenoxy) is 2. The Bertz CT molecular complexity index is 722. The zero-order chi connectivity index (χ0) is 17.3. The second-order valence-corrected chi connectivity index (χ2v) is 5.73. The van der Waals surface area contributed by atoms with Gasteiger partial charge in [0.2, 0.25) is 0 Å². The molecule has 3 N–H and O–H groups in total. The quantitative estimate of drug-likeness (QED) is 0.329. The smallest absolute Gasteiger partial charge is 0.186 e. The summed E-state index contributed by atoms with van der Waals surface area (Å²) in [5.41, 5.74) is -2.22. The molecule has 1 aromatic rings. The van der Waals surface area contributed by atoms with Gasteiger partial charge in [0.1, 0.15) is 11.6 Å². The SMILES string of the molecule is N#Cc1c(F)c(C(=NO)NCC2(O)CC2)cc(C2OCCO2)c1F. The van der Waals surface area contributed by atoms with E-state index in [0.29, 0.717) is 12.8 Å². The van der Waals surface area contributed by atoms with Crippen molar-refractivity contribution in [2.75, 3.05) is 19.8 Å². The van der Waals surface area contributed by atoms with Crippen molar-refractivity contribution in [3.63, 3.8) is 0 Å². The maximum Gasteiger partial charge on any atom is 0.186 e. The molecule has 0 unspecified atom stereocenters. The van der Waals surface area contributed by atoms with Gasteiger partial charge in [-0.25, -0.2) is 8.78 Å². The summed E-state index contributed by atoms with van der Waals surface area (Å²) in [5, 5.41) is 33.6. The minimum absolute atomic E-state index is 0.0386. The number of aliphatic hydroxyl groups is 1. The fraction of sp³-hybridized carbons (Fsp3) is 0.467. The molecule has 2 fully saturated rings. The third kappa shape index (κ3) is 3.03. The first-order chi connectivity index (χ1) is 11.5. The second-order valence-electron chi connectivity index (χ2n) is 5.73. The molecule has 3 rings (SSSR count). The molecule has 0 amide bonds. The lowest BCUT2D eigenvalue weighted by molar-refractivity contribution is -0.0465. The van der Waals surface area contributed by atoms with E-state index in [4.69, 9.17) is 19.9 Å². The van der Waals surface area contributed by atoms with E-state index in [0.717, 1.165) is 6.07 Å². The van der Waals surface area contributed by atoms with E-state index in [-0.39, 0.29) is 36.7 Å². The van der Waals surface area contributed by atoms with Crippen LogP contribution in [0, 0.1) is 23.0 Å². The minimum Gasteiger partial charge on any atom is -0.409 e. The van der Waals surface area contributed by atoms with E-state index in [9.17, 15) is 13.9 Å². The molecule has 7 nitrogen and oxygen atoms in total. The molecule has 0 spiro atoms. The highest BCUT2D eigenvalue weighted by Crippen LogP contribution is 2.34. The van der Waals surface area contributed by atoms with Crippen LogP contribution in [0.1, 0.15) is 35.8 Å². The Morgan fingerprint density at radius 3 is 2.58 bits per heavy atom. The van der Waals surface area contributed by atoms with E-state index in [1.165, 1.54) is 6.07 Å². The Kier molecular flexibility index (Phi) is 4.36. The van der Waals surface area contributed by atoms with Crippen LogP contribution in [0.2, 0.25) is 0 Å². The van der Waals surface area contributed by atoms with Gasteiger partial charge in [0.15, 0.2) is 23.8 Å². The van der Waals surface area contributed by atoms with Gasteiger partial charge in [-0.05, 0) is 18.9 Å². The van der Waals surface area contributed by atoms with Crippen LogP contribution in [0.15, 0.2) is 11.2 Å². The fourth-order valence-corrected chi connectivity index (χ4v) is 2.39. The average Bonchev–Trinajstić information content (AvgIpc) is 3.08. The maximum atomic E-state index is 14.4. The summed E-state index contributed by atoms with van der Waals surface area (Å²) in [6, 6.07) is 2.53. The molecule has 1 aliphatic heterocycles. The molecule has 1 saturated heterocycles. The van der Waals surface area contributed by atoms with Crippen LogP contribution < -0.4 is 5.32 Å². The van der Waals surface area contributed by atoms with Gasteiger partial charge < -0.3 is 25.1 Å². The molecule has 2 aliphatic rings. The van der Waals surface area contributed by atoms with Gasteiger partial charge in [0.05, 0.1) is 24.4 Å². The Morgan fingerprint density at radius 2 is 2.04 bits per heavy atom. The number of benzene rings is 1. The van der Waals surface area contributed by atoms with Crippen LogP contribution in [0.3, 0.4) is 0 Å². The van der Waals surface area contributed by atoms with Gasteiger partial charge in [-0.2, -0.15) is 5.26 Å². The summed E-state index contributed by atoms with van der Waals surface area (Å²) >= 11 is 0. The number of nitrogens with one attached hydrogen (secondary N) is 1. The highest BCUT2D eigenvalue weighted by atomic mass is 19.1. The van der Waals surface area contributed by atoms with Crippen molar-refractivity contribution in [3.05, 3.63) is 34.4 Å². The summed E-state index contributed by atoms with van der Waals surface area (Å²) in [6.07, 6.45) is 0.0792. The van der Waals surface area contributed by atoms with Crippen molar-refractivity contribution in [2.24, 2.45) is 5.16 Å². The van der Waals surface area contributed by atoms with E-state index in [2.05, 4.69) is 10.5 Å². The van der Waals surface area contributed by atoms with Gasteiger partial charge in [-0.1, -0.05) is 5.16 Å². The summed E-state index contributed by atoms with van der Waals surface area (Å²) in [4.78, 5) is 0. The first kappa shape index (κ1) is 16.6. The predicted octanol–water partition coefficient (Wildman–Crippen LogP) is 1.13. The molecule has 1 saturated carbocycles. The van der Waals surface area contributed by atoms with Crippen LogP contribution in [0.5, 0.6) is 0 Å². The van der Waals surface area contributed by atoms with Gasteiger partial charge in [0.25, 0.3) is 0 Å². The predicted molar refractivity (Wildman–Crippen MR) is 76.2 cm³/mol. The Balaban J connectivity index is 1.98. The number of nitrogens with zero attached hydrogens (tertiary/aromatic N) is 2. The number of amidine groups is 1. The van der Waals surface area contributed by atoms with Crippen LogP contribution in [0.4, 0.5) is 8.78 Å². The molecular weight excluding hydrogens is 324 g/mol. The van der Waals surface area contributed by atoms with E-state index < -0.39 is 29.1 Å². The summed E-state index contributed by atoms with van der Waals surface area (Å²) in [5.74, 6) is -2.56. The Hall–Kier alpha value is -2.28. The number of nitriles is 1. The van der Waals surface area contributed by atoms with E-state index in [1.54, 1.807) is 0 Å². The average molecular weight is 339 g/mol. The summed E-state index contributed by atoms with van der Waals surface area (Å²) < 4.78 is 39.2. The molecule has 24 heavy (non-hydrogen) atoms. The zero-order valence-corrected chi connectivity index (χ0v) is 12.6. The number of hydrogen-bond acceptors (Lipinski definition) is 6. The molecular formula is C15H15F2N3O4. The molecule has 9 heteroatoms. The largest absolute Gasteiger partial charge is 0.409 e. The summed E-state index contributed by atoms with van der Waals surface area (Å²) in [7, 11) is 0. The topological polar surface area (TPSA) is 107 Å². The molecule has 1 heterocycles. The number of rotatable bonds is 4. The van der Waals surface area contributed by atoms with E-state index in [1.807, 2.05) is 0 Å². The van der Waals surface area contributed by atoms with Crippen molar-refractivity contribution in [2.45, 2.75) is 24.7 Å². The summed E-state index contributed by atoms with van der Waals surface area (Å²) in [6.45, 7) is 0.521. The van der Waals surface area contributed by atoms with Crippen LogP contribution in [-0.2, 0) is 9.47 Å². The lowest BCUT2D eigenvalue weighted by atomic mass is 10.0. The maximum absolute atomic E-state index is 14.4. The molecule has 0 atom stereocenters. The minimum atomic E-state index is -1.17. The highest BCUT2D eigenvalue weighted by Gasteiger charge is 2.40. The van der Waals surface area contributed by atoms with Crippen molar-refractivity contribution >= 4 is 5.84 Å². The van der Waals surface area contributed by atoms with Crippen molar-refractivity contribution in [1.29, 1.82) is 5.26 Å². The van der Waals surface area contributed by atoms with Gasteiger partial charge in [-0.3, -0.25) is 0 Å². The van der Waals surface area contributed by atoms with Crippen LogP contribution in [0.25, 0.3) is 0 Å². The number of oxime groups is 1. The molecule has 0 aromatic heterocycles. The lowest BCUT2D eigenvalue weighted by Crippen LogP contribution is -2.34. The zero-order valence-electron chi connectivity index (χ0n) is 12.6. The first-order valence-electron chi connectivity index (χ1n) is 7.33. The van der Waals surface area contributed by atoms with E-state index >= 15 is 0 Å². The van der Waals surface area contributed by atoms with Crippen molar-refractivity contribution in [3.8, 4) is 6.07 Å². The number of halogens is 2. The fourth-order valence-electron chi connectivity index (χ4n) is 2.39. The molecule has 1 aromatic carbocycles. The molecule has 1 aliphatic carbocycles. The monoisotopic (exact) mass is 339 g/mol. The standard InChI is InChI=1S/C15H15F2N3O4/c16-11-8(13(20-22)19-7-15(21)1-2-15)5-9(12(17)10(11)6-18)14-23-3-4-24-14/h5,14,21-22H,1-4,7H2,(H,19,20). The second kappa shape index (κ2) is 6.32. The third-order valence-corrected chi connectivity index (χ3v) is 3.98. The van der Waals surface area contributed by atoms with Crippen molar-refractivity contribution < 1.29 is 28.6 Å². The first-order valence-corrected chi connectivity index (χ1v) is 7.33. The molecule has 0 bridgehead atoms. The molecule has 0 radical (unpaired) electrons. The Labute approximate surface area is 136 Å². The van der Waals surface area contributed by atoms with Crippen LogP contribution in [-0.4, -0.2) is 41.5 Å². The molecule has 128 valence electrons. The Morgan fingerprint density at radius 1 is 1.38 bits per heavy atom. The van der Waals surface area contributed by atoms with Gasteiger partial charge >= 0.3 is 0 Å². The van der Waals surface area contributed by atoms with Gasteiger partial charge in [-0.15, -0.1) is 0 Å². The van der Waals surface area contributed by atoms with Crippen molar-refractivity contribution in [1.82, 2.24) is 5.32 Å². The third-order valence-electron chi connectivity index (χ3n) is 3.98. The van der Waals surface area contributed by atoms with Crippen LogP contribution >= 0.6 is 0 Å². The lowest BCUT2D eigenvalue weighted by Gasteiger charge is -2.17. The van der Waals surface area contributed by atoms with Gasteiger partial charge in [0, 0.05) is 12.1 Å². The normalized spacial score (nSPS) is 20.0. The highest BCUT2D eigenvalue weighted by molar-refractivity contribution is 5.99. The number of hydrogen-bond donors (Lipinski definition) is 3.